The minimum absolute atomic E-state index is 0.107. The Morgan fingerprint density at radius 3 is 2.21 bits per heavy atom. The predicted molar refractivity (Wildman–Crippen MR) is 113 cm³/mol. The molecule has 0 aliphatic carbocycles. The van der Waals surface area contributed by atoms with Crippen molar-refractivity contribution in [2.75, 3.05) is 5.32 Å². The van der Waals surface area contributed by atoms with Gasteiger partial charge in [0, 0.05) is 0 Å². The molecule has 3 rings (SSSR count). The van der Waals surface area contributed by atoms with Gasteiger partial charge in [-0.1, -0.05) is 48.0 Å². The Morgan fingerprint density at radius 1 is 0.897 bits per heavy atom. The zero-order chi connectivity index (χ0) is 20.9. The van der Waals surface area contributed by atoms with Gasteiger partial charge in [0.15, 0.2) is 5.75 Å². The molecular formula is C22H22N2O4S. The zero-order valence-corrected chi connectivity index (χ0v) is 16.9. The van der Waals surface area contributed by atoms with Gasteiger partial charge >= 0.3 is 0 Å². The molecule has 2 N–H and O–H groups in total. The summed E-state index contributed by atoms with van der Waals surface area (Å²) >= 11 is 0. The molecule has 3 aromatic carbocycles. The second-order valence-electron chi connectivity index (χ2n) is 6.56. The van der Waals surface area contributed by atoms with E-state index in [0.29, 0.717) is 17.2 Å². The van der Waals surface area contributed by atoms with Crippen molar-refractivity contribution in [3.63, 3.8) is 0 Å². The third kappa shape index (κ3) is 5.43. The minimum Gasteiger partial charge on any atom is -0.455 e. The number of amides is 1. The van der Waals surface area contributed by atoms with Crippen molar-refractivity contribution in [3.8, 4) is 11.5 Å². The van der Waals surface area contributed by atoms with Gasteiger partial charge in [0.05, 0.1) is 16.6 Å². The largest absolute Gasteiger partial charge is 0.455 e. The third-order valence-corrected chi connectivity index (χ3v) is 5.73. The number of aryl methyl sites for hydroxylation is 1. The molecule has 0 fully saturated rings. The van der Waals surface area contributed by atoms with Crippen molar-refractivity contribution in [2.45, 2.75) is 24.8 Å². The molecule has 0 saturated carbocycles. The number of anilines is 1. The van der Waals surface area contributed by atoms with E-state index in [0.717, 1.165) is 5.56 Å². The predicted octanol–water partition coefficient (Wildman–Crippen LogP) is 4.09. The molecule has 0 radical (unpaired) electrons. The average molecular weight is 410 g/mol. The number of ether oxygens (including phenoxy) is 1. The lowest BCUT2D eigenvalue weighted by molar-refractivity contribution is -0.117. The molecule has 0 aliphatic rings. The number of para-hydroxylation sites is 3. The molecule has 0 aromatic heterocycles. The number of sulfonamides is 1. The summed E-state index contributed by atoms with van der Waals surface area (Å²) in [4.78, 5) is 12.7. The van der Waals surface area contributed by atoms with Crippen LogP contribution in [0.2, 0.25) is 0 Å². The molecule has 6 nitrogen and oxygen atoms in total. The van der Waals surface area contributed by atoms with Gasteiger partial charge in [-0.25, -0.2) is 8.42 Å². The summed E-state index contributed by atoms with van der Waals surface area (Å²) in [5.41, 5.74) is 1.40. The van der Waals surface area contributed by atoms with E-state index in [1.165, 1.54) is 19.1 Å². The highest BCUT2D eigenvalue weighted by Gasteiger charge is 2.22. The van der Waals surface area contributed by atoms with E-state index in [-0.39, 0.29) is 4.90 Å². The van der Waals surface area contributed by atoms with Gasteiger partial charge in [0.2, 0.25) is 15.9 Å². The van der Waals surface area contributed by atoms with Gasteiger partial charge in [0.1, 0.15) is 5.75 Å². The molecule has 1 amide bonds. The number of rotatable bonds is 7. The normalized spacial score (nSPS) is 12.2. The molecule has 0 saturated heterocycles. The fraction of sp³-hybridized carbons (Fsp3) is 0.136. The third-order valence-electron chi connectivity index (χ3n) is 4.17. The molecule has 0 spiro atoms. The summed E-state index contributed by atoms with van der Waals surface area (Å²) in [7, 11) is -3.81. The molecule has 0 unspecified atom stereocenters. The van der Waals surface area contributed by atoms with Crippen molar-refractivity contribution in [2.24, 2.45) is 0 Å². The summed E-state index contributed by atoms with van der Waals surface area (Å²) in [5, 5.41) is 2.72. The van der Waals surface area contributed by atoms with Crippen LogP contribution in [0.5, 0.6) is 11.5 Å². The van der Waals surface area contributed by atoms with Crippen LogP contribution in [0.4, 0.5) is 5.69 Å². The maximum absolute atomic E-state index is 12.6. The van der Waals surface area contributed by atoms with Crippen molar-refractivity contribution >= 4 is 21.6 Å². The number of nitrogens with one attached hydrogen (secondary N) is 2. The highest BCUT2D eigenvalue weighted by molar-refractivity contribution is 7.89. The van der Waals surface area contributed by atoms with Gasteiger partial charge in [-0.05, 0) is 50.2 Å². The molecule has 1 atom stereocenters. The van der Waals surface area contributed by atoms with Crippen LogP contribution < -0.4 is 14.8 Å². The first-order chi connectivity index (χ1) is 13.8. The van der Waals surface area contributed by atoms with Gasteiger partial charge in [-0.2, -0.15) is 4.72 Å². The molecule has 0 aliphatic heterocycles. The van der Waals surface area contributed by atoms with E-state index in [1.54, 1.807) is 48.5 Å². The highest BCUT2D eigenvalue weighted by atomic mass is 32.2. The molecule has 29 heavy (non-hydrogen) atoms. The van der Waals surface area contributed by atoms with E-state index in [1.807, 2.05) is 25.1 Å². The first-order valence-electron chi connectivity index (χ1n) is 9.07. The molecule has 7 heteroatoms. The van der Waals surface area contributed by atoms with Gasteiger partial charge in [0.25, 0.3) is 0 Å². The van der Waals surface area contributed by atoms with Gasteiger partial charge in [-0.3, -0.25) is 4.79 Å². The van der Waals surface area contributed by atoms with Crippen molar-refractivity contribution in [3.05, 3.63) is 84.4 Å². The lowest BCUT2D eigenvalue weighted by Crippen LogP contribution is -2.41. The Kier molecular flexibility index (Phi) is 6.31. The summed E-state index contributed by atoms with van der Waals surface area (Å²) in [6.07, 6.45) is 0. The Balaban J connectivity index is 1.71. The maximum Gasteiger partial charge on any atom is 0.242 e. The smallest absolute Gasteiger partial charge is 0.242 e. The summed E-state index contributed by atoms with van der Waals surface area (Å²) in [6.45, 7) is 3.36. The van der Waals surface area contributed by atoms with Crippen LogP contribution in [-0.2, 0) is 14.8 Å². The minimum atomic E-state index is -3.81. The Labute approximate surface area is 170 Å². The standard InChI is InChI=1S/C22H22N2O4S/c1-16-12-14-19(15-13-16)29(26,27)24-17(2)22(25)23-20-10-6-7-11-21(20)28-18-8-4-3-5-9-18/h3-15,17,24H,1-2H3,(H,23,25)/t17-/m1/s1. The fourth-order valence-electron chi connectivity index (χ4n) is 2.59. The average Bonchev–Trinajstić information content (AvgIpc) is 2.70. The molecular weight excluding hydrogens is 388 g/mol. The van der Waals surface area contributed by atoms with Crippen LogP contribution in [0.25, 0.3) is 0 Å². The van der Waals surface area contributed by atoms with Crippen LogP contribution in [-0.4, -0.2) is 20.4 Å². The van der Waals surface area contributed by atoms with Crippen molar-refractivity contribution in [1.29, 1.82) is 0 Å². The topological polar surface area (TPSA) is 84.5 Å². The Morgan fingerprint density at radius 2 is 1.52 bits per heavy atom. The highest BCUT2D eigenvalue weighted by Crippen LogP contribution is 2.29. The summed E-state index contributed by atoms with van der Waals surface area (Å²) in [6, 6.07) is 21.6. The van der Waals surface area contributed by atoms with E-state index < -0.39 is 22.0 Å². The van der Waals surface area contributed by atoms with Crippen LogP contribution in [0, 0.1) is 6.92 Å². The second-order valence-corrected chi connectivity index (χ2v) is 8.27. The second kappa shape index (κ2) is 8.89. The van der Waals surface area contributed by atoms with Crippen molar-refractivity contribution in [1.82, 2.24) is 4.72 Å². The van der Waals surface area contributed by atoms with E-state index >= 15 is 0 Å². The summed E-state index contributed by atoms with van der Waals surface area (Å²) in [5.74, 6) is 0.591. The molecule has 0 bridgehead atoms. The number of hydrogen-bond donors (Lipinski definition) is 2. The molecule has 0 heterocycles. The van der Waals surface area contributed by atoms with Crippen molar-refractivity contribution < 1.29 is 17.9 Å². The van der Waals surface area contributed by atoms with Crippen LogP contribution in [0.1, 0.15) is 12.5 Å². The fourth-order valence-corrected chi connectivity index (χ4v) is 3.79. The number of carbonyl (C=O) groups excluding carboxylic acids is 1. The van der Waals surface area contributed by atoms with E-state index in [4.69, 9.17) is 4.74 Å². The first kappa shape index (κ1) is 20.6. The van der Waals surface area contributed by atoms with Gasteiger partial charge in [-0.15, -0.1) is 0 Å². The zero-order valence-electron chi connectivity index (χ0n) is 16.1. The van der Waals surface area contributed by atoms with E-state index in [9.17, 15) is 13.2 Å². The lowest BCUT2D eigenvalue weighted by atomic mass is 10.2. The molecule has 150 valence electrons. The SMILES string of the molecule is Cc1ccc(S(=O)(=O)N[C@H](C)C(=O)Nc2ccccc2Oc2ccccc2)cc1. The molecule has 3 aromatic rings. The van der Waals surface area contributed by atoms with Gasteiger partial charge < -0.3 is 10.1 Å². The number of benzene rings is 3. The Hall–Kier alpha value is -3.16. The van der Waals surface area contributed by atoms with E-state index in [2.05, 4.69) is 10.0 Å². The lowest BCUT2D eigenvalue weighted by Gasteiger charge is -2.16. The Bertz CT molecular complexity index is 1080. The maximum atomic E-state index is 12.6. The number of carbonyl (C=O) groups is 1. The first-order valence-corrected chi connectivity index (χ1v) is 10.6. The number of hydrogen-bond acceptors (Lipinski definition) is 4. The summed E-state index contributed by atoms with van der Waals surface area (Å²) < 4.78 is 33.2. The van der Waals surface area contributed by atoms with Crippen LogP contribution >= 0.6 is 0 Å². The van der Waals surface area contributed by atoms with Crippen LogP contribution in [0.3, 0.4) is 0 Å². The monoisotopic (exact) mass is 410 g/mol. The van der Waals surface area contributed by atoms with Crippen LogP contribution in [0.15, 0.2) is 83.8 Å². The quantitative estimate of drug-likeness (QED) is 0.614.